The van der Waals surface area contributed by atoms with E-state index in [1.54, 1.807) is 53.0 Å². The largest absolute Gasteiger partial charge is 0.310 e. The molecule has 0 saturated carbocycles. The molecule has 1 amide bonds. The third kappa shape index (κ3) is 3.96. The lowest BCUT2D eigenvalue weighted by Crippen LogP contribution is -2.25. The van der Waals surface area contributed by atoms with Crippen molar-refractivity contribution in [3.63, 3.8) is 0 Å². The number of amides is 1. The number of imidazole rings is 1. The summed E-state index contributed by atoms with van der Waals surface area (Å²) < 4.78 is 17.0. The highest BCUT2D eigenvalue weighted by molar-refractivity contribution is 8.00. The highest BCUT2D eigenvalue weighted by Gasteiger charge is 2.19. The molecule has 0 aliphatic rings. The third-order valence-electron chi connectivity index (χ3n) is 3.76. The van der Waals surface area contributed by atoms with Crippen LogP contribution in [0.1, 0.15) is 26.8 Å². The topological polar surface area (TPSA) is 64.7 Å². The van der Waals surface area contributed by atoms with Crippen molar-refractivity contribution in [3.8, 4) is 5.69 Å². The first-order valence-corrected chi connectivity index (χ1v) is 9.14. The number of thioether (sulfide) groups is 1. The smallest absolute Gasteiger partial charge is 0.238 e. The summed E-state index contributed by atoms with van der Waals surface area (Å²) in [5.41, 5.74) is 0.662. The lowest BCUT2D eigenvalue weighted by molar-refractivity contribution is -0.115. The average Bonchev–Trinajstić information content (AvgIpc) is 3.24. The number of halogens is 1. The van der Waals surface area contributed by atoms with Crippen molar-refractivity contribution in [2.75, 3.05) is 5.32 Å². The van der Waals surface area contributed by atoms with E-state index in [1.165, 1.54) is 23.9 Å². The van der Waals surface area contributed by atoms with Gasteiger partial charge in [-0.2, -0.15) is 5.10 Å². The first-order valence-electron chi connectivity index (χ1n) is 8.26. The molecule has 3 aromatic rings. The van der Waals surface area contributed by atoms with E-state index in [2.05, 4.69) is 15.4 Å². The van der Waals surface area contributed by atoms with Crippen molar-refractivity contribution >= 4 is 23.5 Å². The Bertz CT molecular complexity index is 904. The molecule has 6 nitrogen and oxygen atoms in total. The number of nitrogens with one attached hydrogen (secondary N) is 1. The van der Waals surface area contributed by atoms with Crippen molar-refractivity contribution in [2.24, 2.45) is 0 Å². The van der Waals surface area contributed by atoms with E-state index in [1.807, 2.05) is 13.8 Å². The second-order valence-electron chi connectivity index (χ2n) is 6.06. The maximum absolute atomic E-state index is 13.5. The Morgan fingerprint density at radius 3 is 2.77 bits per heavy atom. The van der Waals surface area contributed by atoms with Crippen LogP contribution in [0.4, 0.5) is 10.2 Å². The maximum Gasteiger partial charge on any atom is 0.238 e. The fourth-order valence-corrected chi connectivity index (χ4v) is 3.35. The number of hydrogen-bond acceptors (Lipinski definition) is 4. The van der Waals surface area contributed by atoms with Crippen LogP contribution in [0.15, 0.2) is 54.1 Å². The molecule has 136 valence electrons. The van der Waals surface area contributed by atoms with Gasteiger partial charge in [0.05, 0.1) is 17.1 Å². The quantitative estimate of drug-likeness (QED) is 0.666. The molecule has 1 unspecified atom stereocenters. The van der Waals surface area contributed by atoms with Crippen LogP contribution in [-0.4, -0.2) is 30.5 Å². The maximum atomic E-state index is 13.5. The summed E-state index contributed by atoms with van der Waals surface area (Å²) in [7, 11) is 0. The van der Waals surface area contributed by atoms with Crippen LogP contribution in [0, 0.1) is 5.82 Å². The molecule has 0 spiro atoms. The summed E-state index contributed by atoms with van der Waals surface area (Å²) >= 11 is 1.31. The normalized spacial score (nSPS) is 12.3. The van der Waals surface area contributed by atoms with Gasteiger partial charge in [-0.05, 0) is 39.0 Å². The number of aromatic nitrogens is 4. The van der Waals surface area contributed by atoms with Crippen LogP contribution in [0.3, 0.4) is 0 Å². The Morgan fingerprint density at radius 2 is 2.04 bits per heavy atom. The van der Waals surface area contributed by atoms with Gasteiger partial charge in [0.2, 0.25) is 5.91 Å². The first-order chi connectivity index (χ1) is 12.5. The number of carbonyl (C=O) groups is 1. The van der Waals surface area contributed by atoms with E-state index in [0.717, 1.165) is 0 Å². The average molecular weight is 373 g/mol. The molecule has 0 radical (unpaired) electrons. The Balaban J connectivity index is 1.72. The molecule has 0 aliphatic heterocycles. The number of rotatable bonds is 6. The van der Waals surface area contributed by atoms with E-state index in [4.69, 9.17) is 0 Å². The van der Waals surface area contributed by atoms with Crippen LogP contribution in [0.2, 0.25) is 0 Å². The second kappa shape index (κ2) is 7.74. The third-order valence-corrected chi connectivity index (χ3v) is 4.84. The van der Waals surface area contributed by atoms with Crippen molar-refractivity contribution in [1.82, 2.24) is 19.3 Å². The summed E-state index contributed by atoms with van der Waals surface area (Å²) in [6.45, 7) is 5.80. The molecule has 1 aromatic carbocycles. The highest BCUT2D eigenvalue weighted by atomic mass is 32.2. The zero-order valence-corrected chi connectivity index (χ0v) is 15.6. The molecule has 2 aromatic heterocycles. The number of anilines is 1. The Morgan fingerprint density at radius 1 is 1.23 bits per heavy atom. The molecule has 0 fully saturated rings. The van der Waals surface area contributed by atoms with Crippen LogP contribution in [-0.2, 0) is 4.79 Å². The number of carbonyl (C=O) groups excluding carboxylic acids is 1. The molecule has 3 rings (SSSR count). The van der Waals surface area contributed by atoms with Crippen LogP contribution in [0.25, 0.3) is 5.69 Å². The SMILES string of the molecule is CC(Sc1nccn1-c1cccc(F)c1)C(=O)Nc1ccnn1C(C)C. The zero-order valence-electron chi connectivity index (χ0n) is 14.8. The van der Waals surface area contributed by atoms with Crippen molar-refractivity contribution < 1.29 is 9.18 Å². The van der Waals surface area contributed by atoms with Gasteiger partial charge in [0.25, 0.3) is 0 Å². The molecular weight excluding hydrogens is 353 g/mol. The monoisotopic (exact) mass is 373 g/mol. The predicted octanol–water partition coefficient (Wildman–Crippen LogP) is 3.91. The van der Waals surface area contributed by atoms with Crippen molar-refractivity contribution in [2.45, 2.75) is 37.2 Å². The van der Waals surface area contributed by atoms with Gasteiger partial charge in [-0.1, -0.05) is 17.8 Å². The fraction of sp³-hybridized carbons (Fsp3) is 0.278. The summed E-state index contributed by atoms with van der Waals surface area (Å²) in [4.78, 5) is 16.8. The zero-order chi connectivity index (χ0) is 18.7. The second-order valence-corrected chi connectivity index (χ2v) is 7.37. The molecule has 1 atom stereocenters. The minimum Gasteiger partial charge on any atom is -0.310 e. The van der Waals surface area contributed by atoms with Gasteiger partial charge in [0.15, 0.2) is 5.16 Å². The molecular formula is C18H20FN5OS. The Hall–Kier alpha value is -2.61. The molecule has 0 bridgehead atoms. The molecule has 0 saturated heterocycles. The van der Waals surface area contributed by atoms with E-state index in [0.29, 0.717) is 16.7 Å². The molecule has 8 heteroatoms. The number of benzene rings is 1. The van der Waals surface area contributed by atoms with Gasteiger partial charge >= 0.3 is 0 Å². The summed E-state index contributed by atoms with van der Waals surface area (Å²) in [6, 6.07) is 8.17. The molecule has 26 heavy (non-hydrogen) atoms. The van der Waals surface area contributed by atoms with Gasteiger partial charge in [-0.3, -0.25) is 9.36 Å². The van der Waals surface area contributed by atoms with E-state index < -0.39 is 0 Å². The summed E-state index contributed by atoms with van der Waals surface area (Å²) in [5.74, 6) is 0.192. The summed E-state index contributed by atoms with van der Waals surface area (Å²) in [6.07, 6.45) is 5.03. The minimum atomic E-state index is -0.389. The van der Waals surface area contributed by atoms with Crippen molar-refractivity contribution in [3.05, 3.63) is 54.7 Å². The van der Waals surface area contributed by atoms with Crippen LogP contribution < -0.4 is 5.32 Å². The van der Waals surface area contributed by atoms with Gasteiger partial charge in [-0.15, -0.1) is 0 Å². The lowest BCUT2D eigenvalue weighted by Gasteiger charge is -2.15. The number of nitrogens with zero attached hydrogens (tertiary/aromatic N) is 4. The Labute approximate surface area is 155 Å². The minimum absolute atomic E-state index is 0.147. The van der Waals surface area contributed by atoms with Gasteiger partial charge in [0.1, 0.15) is 11.6 Å². The fourth-order valence-electron chi connectivity index (χ4n) is 2.46. The standard InChI is InChI=1S/C18H20FN5OS/c1-12(2)24-16(7-8-21-24)22-17(25)13(3)26-18-20-9-10-23(18)15-6-4-5-14(19)11-15/h4-13H,1-3H3,(H,22,25). The Kier molecular flexibility index (Phi) is 5.41. The van der Waals surface area contributed by atoms with Gasteiger partial charge in [-0.25, -0.2) is 14.1 Å². The number of hydrogen-bond donors (Lipinski definition) is 1. The van der Waals surface area contributed by atoms with Crippen LogP contribution >= 0.6 is 11.8 Å². The molecule has 1 N–H and O–H groups in total. The van der Waals surface area contributed by atoms with E-state index >= 15 is 0 Å². The van der Waals surface area contributed by atoms with E-state index in [9.17, 15) is 9.18 Å². The first kappa shape index (κ1) is 18.2. The molecule has 2 heterocycles. The molecule has 0 aliphatic carbocycles. The van der Waals surface area contributed by atoms with Gasteiger partial charge in [0, 0.05) is 24.5 Å². The lowest BCUT2D eigenvalue weighted by atomic mass is 10.3. The van der Waals surface area contributed by atoms with Crippen molar-refractivity contribution in [1.29, 1.82) is 0 Å². The summed E-state index contributed by atoms with van der Waals surface area (Å²) in [5, 5.41) is 7.34. The van der Waals surface area contributed by atoms with Gasteiger partial charge < -0.3 is 5.32 Å². The highest BCUT2D eigenvalue weighted by Crippen LogP contribution is 2.26. The van der Waals surface area contributed by atoms with E-state index in [-0.39, 0.29) is 23.0 Å². The predicted molar refractivity (Wildman–Crippen MR) is 100 cm³/mol. The van der Waals surface area contributed by atoms with Crippen LogP contribution in [0.5, 0.6) is 0 Å².